The lowest BCUT2D eigenvalue weighted by atomic mass is 10.0. The van der Waals surface area contributed by atoms with Crippen LogP contribution >= 0.6 is 15.9 Å². The number of ether oxygens (including phenoxy) is 2. The molecule has 0 aromatic heterocycles. The van der Waals surface area contributed by atoms with Gasteiger partial charge in [0, 0.05) is 15.8 Å². The molecule has 0 heterocycles. The van der Waals surface area contributed by atoms with Crippen molar-refractivity contribution in [2.75, 3.05) is 24.7 Å². The van der Waals surface area contributed by atoms with E-state index in [1.807, 2.05) is 38.1 Å². The lowest BCUT2D eigenvalue weighted by Crippen LogP contribution is -2.13. The van der Waals surface area contributed by atoms with E-state index in [1.54, 1.807) is 32.0 Å². The summed E-state index contributed by atoms with van der Waals surface area (Å²) in [5.41, 5.74) is 14.4. The maximum Gasteiger partial charge on any atom is 0.313 e. The first kappa shape index (κ1) is 24.5. The molecule has 0 fully saturated rings. The minimum atomic E-state index is -0.262. The van der Waals surface area contributed by atoms with Crippen molar-refractivity contribution in [1.82, 2.24) is 0 Å². The molecule has 2 aromatic rings. The van der Waals surface area contributed by atoms with Crippen molar-refractivity contribution < 1.29 is 19.1 Å². The van der Waals surface area contributed by atoms with Crippen LogP contribution in [0.3, 0.4) is 0 Å². The smallest absolute Gasteiger partial charge is 0.313 e. The zero-order valence-electron chi connectivity index (χ0n) is 17.3. The Morgan fingerprint density at radius 1 is 0.862 bits per heavy atom. The summed E-state index contributed by atoms with van der Waals surface area (Å²) in [4.78, 5) is 22.8. The van der Waals surface area contributed by atoms with E-state index in [-0.39, 0.29) is 23.8 Å². The number of hydrogen-bond donors (Lipinski definition) is 2. The maximum atomic E-state index is 11.5. The van der Waals surface area contributed by atoms with Gasteiger partial charge in [-0.3, -0.25) is 9.59 Å². The molecule has 158 valence electrons. The summed E-state index contributed by atoms with van der Waals surface area (Å²) in [7, 11) is 0. The van der Waals surface area contributed by atoms with Crippen molar-refractivity contribution in [3.8, 4) is 0 Å². The van der Waals surface area contributed by atoms with E-state index in [0.717, 1.165) is 15.6 Å². The predicted octanol–water partition coefficient (Wildman–Crippen LogP) is 4.63. The number of nitrogens with two attached hydrogens (primary N) is 2. The normalized spacial score (nSPS) is 12.2. The molecule has 29 heavy (non-hydrogen) atoms. The first-order valence-electron chi connectivity index (χ1n) is 9.44. The Kier molecular flexibility index (Phi) is 10.2. The molecule has 0 aliphatic carbocycles. The summed E-state index contributed by atoms with van der Waals surface area (Å²) >= 11 is 3.33. The summed E-state index contributed by atoms with van der Waals surface area (Å²) in [6, 6.07) is 12.7. The van der Waals surface area contributed by atoms with Crippen LogP contribution in [0.5, 0.6) is 0 Å². The number of anilines is 2. The molecule has 6 nitrogen and oxygen atoms in total. The average molecular weight is 465 g/mol. The SMILES string of the molecule is CCOC(=O)C(C)c1ccc(N)c(Br)c1.CCOC(=O)C(C)c1ccc(N)cc1. The fourth-order valence-electron chi connectivity index (χ4n) is 2.40. The van der Waals surface area contributed by atoms with Gasteiger partial charge in [0.05, 0.1) is 25.0 Å². The molecule has 7 heteroatoms. The Balaban J connectivity index is 0.000000291. The number of hydrogen-bond acceptors (Lipinski definition) is 6. The van der Waals surface area contributed by atoms with Gasteiger partial charge in [-0.1, -0.05) is 18.2 Å². The minimum absolute atomic E-state index is 0.197. The Morgan fingerprint density at radius 3 is 1.76 bits per heavy atom. The van der Waals surface area contributed by atoms with Gasteiger partial charge >= 0.3 is 11.9 Å². The molecular formula is C22H29BrN2O4. The van der Waals surface area contributed by atoms with Gasteiger partial charge in [0.1, 0.15) is 0 Å². The first-order valence-corrected chi connectivity index (χ1v) is 10.2. The monoisotopic (exact) mass is 464 g/mol. The Labute approximate surface area is 180 Å². The van der Waals surface area contributed by atoms with Crippen molar-refractivity contribution in [1.29, 1.82) is 0 Å². The lowest BCUT2D eigenvalue weighted by Gasteiger charge is -2.11. The molecule has 2 atom stereocenters. The third kappa shape index (κ3) is 7.77. The molecule has 0 amide bonds. The van der Waals surface area contributed by atoms with Crippen molar-refractivity contribution >= 4 is 39.2 Å². The highest BCUT2D eigenvalue weighted by Crippen LogP contribution is 2.25. The third-order valence-corrected chi connectivity index (χ3v) is 4.93. The maximum absolute atomic E-state index is 11.5. The van der Waals surface area contributed by atoms with Crippen molar-refractivity contribution in [2.45, 2.75) is 39.5 Å². The molecule has 2 unspecified atom stereocenters. The summed E-state index contributed by atoms with van der Waals surface area (Å²) in [5.74, 6) is -0.899. The molecule has 0 radical (unpaired) electrons. The molecule has 0 aliphatic heterocycles. The van der Waals surface area contributed by atoms with Crippen LogP contribution in [0.4, 0.5) is 11.4 Å². The van der Waals surface area contributed by atoms with Gasteiger partial charge in [0.2, 0.25) is 0 Å². The summed E-state index contributed by atoms with van der Waals surface area (Å²) in [5, 5.41) is 0. The molecule has 0 saturated carbocycles. The predicted molar refractivity (Wildman–Crippen MR) is 120 cm³/mol. The van der Waals surface area contributed by atoms with Crippen LogP contribution in [0.25, 0.3) is 0 Å². The van der Waals surface area contributed by atoms with Crippen LogP contribution in [-0.2, 0) is 19.1 Å². The Bertz CT molecular complexity index is 809. The van der Waals surface area contributed by atoms with Crippen LogP contribution in [0, 0.1) is 0 Å². The second kappa shape index (κ2) is 12.1. The molecule has 0 aliphatic rings. The van der Waals surface area contributed by atoms with Crippen LogP contribution in [0.2, 0.25) is 0 Å². The molecule has 0 saturated heterocycles. The van der Waals surface area contributed by atoms with Crippen molar-refractivity contribution in [3.63, 3.8) is 0 Å². The van der Waals surface area contributed by atoms with Crippen LogP contribution in [0.15, 0.2) is 46.9 Å². The van der Waals surface area contributed by atoms with Gasteiger partial charge < -0.3 is 20.9 Å². The van der Waals surface area contributed by atoms with Gasteiger partial charge in [0.25, 0.3) is 0 Å². The minimum Gasteiger partial charge on any atom is -0.466 e. The van der Waals surface area contributed by atoms with Gasteiger partial charge in [-0.05, 0) is 79.0 Å². The van der Waals surface area contributed by atoms with Gasteiger partial charge in [0.15, 0.2) is 0 Å². The van der Waals surface area contributed by atoms with Gasteiger partial charge in [-0.15, -0.1) is 0 Å². The number of esters is 2. The largest absolute Gasteiger partial charge is 0.466 e. The quantitative estimate of drug-likeness (QED) is 0.476. The number of carbonyl (C=O) groups excluding carboxylic acids is 2. The Hall–Kier alpha value is -2.54. The van der Waals surface area contributed by atoms with Gasteiger partial charge in [-0.2, -0.15) is 0 Å². The van der Waals surface area contributed by atoms with Crippen LogP contribution < -0.4 is 11.5 Å². The number of carbonyl (C=O) groups is 2. The van der Waals surface area contributed by atoms with Crippen molar-refractivity contribution in [3.05, 3.63) is 58.1 Å². The average Bonchev–Trinajstić information content (AvgIpc) is 2.70. The lowest BCUT2D eigenvalue weighted by molar-refractivity contribution is -0.145. The zero-order valence-corrected chi connectivity index (χ0v) is 18.9. The Morgan fingerprint density at radius 2 is 1.31 bits per heavy atom. The van der Waals surface area contributed by atoms with E-state index in [1.165, 1.54) is 0 Å². The topological polar surface area (TPSA) is 105 Å². The number of nitrogen functional groups attached to an aromatic ring is 2. The van der Waals surface area contributed by atoms with E-state index in [9.17, 15) is 9.59 Å². The molecule has 4 N–H and O–H groups in total. The third-order valence-electron chi connectivity index (χ3n) is 4.24. The van der Waals surface area contributed by atoms with E-state index >= 15 is 0 Å². The highest BCUT2D eigenvalue weighted by atomic mass is 79.9. The highest BCUT2D eigenvalue weighted by molar-refractivity contribution is 9.10. The van der Waals surface area contributed by atoms with E-state index in [4.69, 9.17) is 20.9 Å². The molecular weight excluding hydrogens is 436 g/mol. The molecule has 0 spiro atoms. The van der Waals surface area contributed by atoms with E-state index in [2.05, 4.69) is 15.9 Å². The number of halogens is 1. The second-order valence-corrected chi connectivity index (χ2v) is 7.25. The van der Waals surface area contributed by atoms with E-state index in [0.29, 0.717) is 24.6 Å². The standard InChI is InChI=1S/C11H14BrNO2.C11H15NO2/c1-3-15-11(14)7(2)8-4-5-10(13)9(12)6-8;1-3-14-11(13)8(2)9-4-6-10(12)7-5-9/h4-7H,3,13H2,1-2H3;4-8H,3,12H2,1-2H3. The summed E-state index contributed by atoms with van der Waals surface area (Å²) in [6.07, 6.45) is 0. The molecule has 0 bridgehead atoms. The highest BCUT2D eigenvalue weighted by Gasteiger charge is 2.17. The summed E-state index contributed by atoms with van der Waals surface area (Å²) < 4.78 is 10.7. The molecule has 2 rings (SSSR count). The zero-order chi connectivity index (χ0) is 22.0. The number of benzene rings is 2. The summed E-state index contributed by atoms with van der Waals surface area (Å²) in [6.45, 7) is 8.05. The van der Waals surface area contributed by atoms with Crippen molar-refractivity contribution in [2.24, 2.45) is 0 Å². The number of rotatable bonds is 6. The van der Waals surface area contributed by atoms with Crippen LogP contribution in [0.1, 0.15) is 50.7 Å². The fourth-order valence-corrected chi connectivity index (χ4v) is 2.80. The van der Waals surface area contributed by atoms with Crippen LogP contribution in [-0.4, -0.2) is 25.2 Å². The second-order valence-electron chi connectivity index (χ2n) is 6.40. The van der Waals surface area contributed by atoms with Gasteiger partial charge in [-0.25, -0.2) is 0 Å². The van der Waals surface area contributed by atoms with E-state index < -0.39 is 0 Å². The molecule has 2 aromatic carbocycles. The fraction of sp³-hybridized carbons (Fsp3) is 0.364. The first-order chi connectivity index (χ1) is 13.7.